The van der Waals surface area contributed by atoms with Crippen molar-refractivity contribution in [3.8, 4) is 0 Å². The van der Waals surface area contributed by atoms with Crippen LogP contribution in [0.3, 0.4) is 0 Å². The first-order valence-electron chi connectivity index (χ1n) is 2.10. The van der Waals surface area contributed by atoms with Crippen molar-refractivity contribution in [1.29, 1.82) is 0 Å². The second-order valence-electron chi connectivity index (χ2n) is 1.43. The lowest BCUT2D eigenvalue weighted by Gasteiger charge is -1.67. The van der Waals surface area contributed by atoms with Gasteiger partial charge in [0.1, 0.15) is 0 Å². The molecule has 0 aromatic carbocycles. The summed E-state index contributed by atoms with van der Waals surface area (Å²) >= 11 is 0. The van der Waals surface area contributed by atoms with E-state index in [1.54, 1.807) is 0 Å². The van der Waals surface area contributed by atoms with Gasteiger partial charge in [-0.25, -0.2) is 0 Å². The Morgan fingerprint density at radius 3 is 2.14 bits per heavy atom. The fourth-order valence-electron chi connectivity index (χ4n) is 0.169. The van der Waals surface area contributed by atoms with E-state index in [0.717, 1.165) is 5.57 Å². The SMILES string of the molecule is C=C=C=C=C(C)C. The molecule has 0 bridgehead atoms. The molecule has 0 spiro atoms. The van der Waals surface area contributed by atoms with Gasteiger partial charge in [-0.1, -0.05) is 11.5 Å². The van der Waals surface area contributed by atoms with Gasteiger partial charge >= 0.3 is 0 Å². The minimum absolute atomic E-state index is 1.09. The first kappa shape index (κ1) is 6.08. The van der Waals surface area contributed by atoms with Crippen LogP contribution >= 0.6 is 0 Å². The quantitative estimate of drug-likeness (QED) is 0.401. The van der Waals surface area contributed by atoms with E-state index in [4.69, 9.17) is 0 Å². The molecule has 36 valence electrons. The fourth-order valence-corrected chi connectivity index (χ4v) is 0.169. The van der Waals surface area contributed by atoms with Crippen LogP contribution in [0, 0.1) is 0 Å². The van der Waals surface area contributed by atoms with E-state index in [1.165, 1.54) is 0 Å². The van der Waals surface area contributed by atoms with E-state index in [-0.39, 0.29) is 0 Å². The van der Waals surface area contributed by atoms with Crippen molar-refractivity contribution in [3.63, 3.8) is 0 Å². The van der Waals surface area contributed by atoms with Gasteiger partial charge in [0.25, 0.3) is 0 Å². The van der Waals surface area contributed by atoms with Crippen LogP contribution in [0.4, 0.5) is 0 Å². The zero-order chi connectivity index (χ0) is 5.70. The first-order valence-corrected chi connectivity index (χ1v) is 2.10. The highest BCUT2D eigenvalue weighted by molar-refractivity contribution is 4.92. The Bertz CT molecular complexity index is 152. The predicted octanol–water partition coefficient (Wildman–Crippen LogP) is 2.05. The molecular formula is C7H8. The molecule has 0 nitrogen and oxygen atoms in total. The van der Waals surface area contributed by atoms with Gasteiger partial charge in [0, 0.05) is 0 Å². The maximum Gasteiger partial charge on any atom is -0.0197 e. The van der Waals surface area contributed by atoms with Crippen LogP contribution in [0.25, 0.3) is 0 Å². The van der Waals surface area contributed by atoms with Crippen molar-refractivity contribution in [2.45, 2.75) is 13.8 Å². The van der Waals surface area contributed by atoms with Gasteiger partial charge in [0.15, 0.2) is 0 Å². The maximum atomic E-state index is 3.32. The van der Waals surface area contributed by atoms with Crippen LogP contribution in [-0.2, 0) is 0 Å². The molecule has 0 aliphatic heterocycles. The lowest BCUT2D eigenvalue weighted by atomic mass is 10.4. The summed E-state index contributed by atoms with van der Waals surface area (Å²) < 4.78 is 0. The predicted molar refractivity (Wildman–Crippen MR) is 31.0 cm³/mol. The summed E-state index contributed by atoms with van der Waals surface area (Å²) in [7, 11) is 0. The van der Waals surface area contributed by atoms with Gasteiger partial charge in [-0.05, 0) is 31.7 Å². The van der Waals surface area contributed by atoms with Crippen molar-refractivity contribution in [1.82, 2.24) is 0 Å². The molecular weight excluding hydrogens is 84.1 g/mol. The molecule has 0 aromatic rings. The minimum atomic E-state index is 1.09. The van der Waals surface area contributed by atoms with E-state index in [2.05, 4.69) is 23.8 Å². The van der Waals surface area contributed by atoms with Gasteiger partial charge in [-0.15, -0.1) is 0 Å². The Balaban J connectivity index is 4.49. The van der Waals surface area contributed by atoms with Gasteiger partial charge in [0.2, 0.25) is 0 Å². The van der Waals surface area contributed by atoms with E-state index in [1.807, 2.05) is 13.8 Å². The monoisotopic (exact) mass is 92.1 g/mol. The van der Waals surface area contributed by atoms with Crippen molar-refractivity contribution >= 4 is 0 Å². The number of hydrogen-bond acceptors (Lipinski definition) is 0. The average Bonchev–Trinajstić information content (AvgIpc) is 1.61. The Kier molecular flexibility index (Phi) is 2.85. The van der Waals surface area contributed by atoms with Gasteiger partial charge in [-0.2, -0.15) is 0 Å². The zero-order valence-corrected chi connectivity index (χ0v) is 4.71. The Morgan fingerprint density at radius 2 is 2.00 bits per heavy atom. The molecule has 7 heavy (non-hydrogen) atoms. The Hall–Kier alpha value is -0.920. The largest absolute Gasteiger partial charge is 0.0693 e. The highest BCUT2D eigenvalue weighted by atomic mass is 13.6. The standard InChI is InChI=1S/C7H8/c1-4-5-6-7(2)3/h1H2,2-3H3. The summed E-state index contributed by atoms with van der Waals surface area (Å²) in [5.74, 6) is 0. The highest BCUT2D eigenvalue weighted by Gasteiger charge is 1.60. The third-order valence-corrected chi connectivity index (χ3v) is 0.401. The Morgan fingerprint density at radius 1 is 1.43 bits per heavy atom. The normalized spacial score (nSPS) is 5.43. The molecule has 0 aliphatic carbocycles. The zero-order valence-electron chi connectivity index (χ0n) is 4.71. The highest BCUT2D eigenvalue weighted by Crippen LogP contribution is 1.79. The molecule has 0 saturated heterocycles. The van der Waals surface area contributed by atoms with Gasteiger partial charge < -0.3 is 0 Å². The number of rotatable bonds is 0. The molecule has 0 heterocycles. The average molecular weight is 92.1 g/mol. The first-order chi connectivity index (χ1) is 3.27. The molecule has 0 fully saturated rings. The maximum absolute atomic E-state index is 3.32. The summed E-state index contributed by atoms with van der Waals surface area (Å²) in [6.45, 7) is 7.22. The van der Waals surface area contributed by atoms with E-state index in [9.17, 15) is 0 Å². The summed E-state index contributed by atoms with van der Waals surface area (Å²) in [6.07, 6.45) is 0. The molecule has 0 unspecified atom stereocenters. The minimum Gasteiger partial charge on any atom is -0.0693 e. The number of hydrogen-bond donors (Lipinski definition) is 0. The van der Waals surface area contributed by atoms with Crippen LogP contribution < -0.4 is 0 Å². The Labute approximate surface area is 44.2 Å². The lowest BCUT2D eigenvalue weighted by molar-refractivity contribution is 1.41. The lowest BCUT2D eigenvalue weighted by Crippen LogP contribution is -1.48. The molecule has 0 saturated carbocycles. The smallest absolute Gasteiger partial charge is 0.0197 e. The molecule has 0 aromatic heterocycles. The van der Waals surface area contributed by atoms with Crippen LogP contribution in [0.2, 0.25) is 0 Å². The van der Waals surface area contributed by atoms with E-state index < -0.39 is 0 Å². The third kappa shape index (κ3) is 5.08. The summed E-state index contributed by atoms with van der Waals surface area (Å²) in [5, 5.41) is 0. The summed E-state index contributed by atoms with van der Waals surface area (Å²) in [6, 6.07) is 0. The van der Waals surface area contributed by atoms with Crippen LogP contribution in [0.1, 0.15) is 13.8 Å². The van der Waals surface area contributed by atoms with Gasteiger partial charge in [-0.3, -0.25) is 0 Å². The van der Waals surface area contributed by atoms with Crippen LogP contribution in [0.5, 0.6) is 0 Å². The second-order valence-corrected chi connectivity index (χ2v) is 1.43. The van der Waals surface area contributed by atoms with Crippen molar-refractivity contribution in [2.75, 3.05) is 0 Å². The van der Waals surface area contributed by atoms with Crippen LogP contribution in [0.15, 0.2) is 29.3 Å². The third-order valence-electron chi connectivity index (χ3n) is 0.401. The van der Waals surface area contributed by atoms with E-state index >= 15 is 0 Å². The molecule has 0 rings (SSSR count). The molecule has 0 aliphatic rings. The topological polar surface area (TPSA) is 0 Å². The molecule has 0 heteroatoms. The summed E-state index contributed by atoms with van der Waals surface area (Å²) in [5.41, 5.74) is 8.95. The molecule has 0 radical (unpaired) electrons. The van der Waals surface area contributed by atoms with Crippen LogP contribution in [-0.4, -0.2) is 0 Å². The van der Waals surface area contributed by atoms with E-state index in [0.29, 0.717) is 0 Å². The van der Waals surface area contributed by atoms with Crippen molar-refractivity contribution in [3.05, 3.63) is 29.3 Å². The van der Waals surface area contributed by atoms with Crippen molar-refractivity contribution < 1.29 is 0 Å². The molecule has 0 atom stereocenters. The van der Waals surface area contributed by atoms with Gasteiger partial charge in [0.05, 0.1) is 0 Å². The molecule has 0 N–H and O–H groups in total. The second kappa shape index (κ2) is 3.28. The molecule has 0 amide bonds. The summed E-state index contributed by atoms with van der Waals surface area (Å²) in [4.78, 5) is 0. The van der Waals surface area contributed by atoms with Crippen molar-refractivity contribution in [2.24, 2.45) is 0 Å². The number of allylic oxidation sites excluding steroid dienone is 1. The fraction of sp³-hybridized carbons (Fsp3) is 0.286.